The number of aromatic nitrogens is 1. The molecule has 0 saturated carbocycles. The Morgan fingerprint density at radius 1 is 1.24 bits per heavy atom. The zero-order valence-electron chi connectivity index (χ0n) is 10.4. The lowest BCUT2D eigenvalue weighted by atomic mass is 10.2. The van der Waals surface area contributed by atoms with Crippen LogP contribution < -0.4 is 0 Å². The molecule has 0 aliphatic rings. The zero-order chi connectivity index (χ0) is 12.1. The number of pyridine rings is 1. The summed E-state index contributed by atoms with van der Waals surface area (Å²) in [5, 5.41) is 0. The molecule has 0 unspecified atom stereocenters. The number of likely N-dealkylation sites (N-methyl/N-ethyl adjacent to an activating group) is 1. The molecule has 0 N–H and O–H groups in total. The van der Waals surface area contributed by atoms with Gasteiger partial charge in [0, 0.05) is 24.9 Å². The highest BCUT2D eigenvalue weighted by molar-refractivity contribution is 5.06. The van der Waals surface area contributed by atoms with E-state index in [0.29, 0.717) is 0 Å². The molecule has 0 fully saturated rings. The second kappa shape index (κ2) is 5.64. The number of hydrogen-bond acceptors (Lipinski definition) is 3. The van der Waals surface area contributed by atoms with Crippen molar-refractivity contribution in [2.24, 2.45) is 0 Å². The van der Waals surface area contributed by atoms with E-state index in [2.05, 4.69) is 23.0 Å². The van der Waals surface area contributed by atoms with Gasteiger partial charge in [-0.2, -0.15) is 0 Å². The van der Waals surface area contributed by atoms with Crippen molar-refractivity contribution in [2.45, 2.75) is 19.9 Å². The van der Waals surface area contributed by atoms with Crippen molar-refractivity contribution in [3.63, 3.8) is 0 Å². The first-order valence-corrected chi connectivity index (χ1v) is 5.88. The van der Waals surface area contributed by atoms with Gasteiger partial charge in [-0.3, -0.25) is 9.88 Å². The van der Waals surface area contributed by atoms with Gasteiger partial charge in [0.15, 0.2) is 0 Å². The topological polar surface area (TPSA) is 29.3 Å². The quantitative estimate of drug-likeness (QED) is 0.790. The third kappa shape index (κ3) is 3.71. The van der Waals surface area contributed by atoms with Gasteiger partial charge in [0.05, 0.1) is 6.54 Å². The predicted molar refractivity (Wildman–Crippen MR) is 67.7 cm³/mol. The summed E-state index contributed by atoms with van der Waals surface area (Å²) in [5.41, 5.74) is 1.13. The van der Waals surface area contributed by atoms with Crippen LogP contribution in [-0.2, 0) is 13.0 Å². The maximum Gasteiger partial charge on any atom is 0.118 e. The van der Waals surface area contributed by atoms with Crippen LogP contribution >= 0.6 is 0 Å². The van der Waals surface area contributed by atoms with Crippen molar-refractivity contribution in [2.75, 3.05) is 13.6 Å². The molecule has 17 heavy (non-hydrogen) atoms. The van der Waals surface area contributed by atoms with E-state index >= 15 is 0 Å². The molecule has 0 spiro atoms. The Kier molecular flexibility index (Phi) is 3.94. The molecular weight excluding hydrogens is 212 g/mol. The van der Waals surface area contributed by atoms with Crippen LogP contribution in [0.3, 0.4) is 0 Å². The fraction of sp³-hybridized carbons (Fsp3) is 0.357. The second-order valence-electron chi connectivity index (χ2n) is 4.32. The maximum absolute atomic E-state index is 5.55. The van der Waals surface area contributed by atoms with Crippen LogP contribution in [0, 0.1) is 6.92 Å². The van der Waals surface area contributed by atoms with Crippen LogP contribution in [0.2, 0.25) is 0 Å². The molecule has 2 aromatic rings. The lowest BCUT2D eigenvalue weighted by Gasteiger charge is -2.14. The van der Waals surface area contributed by atoms with E-state index in [1.165, 1.54) is 0 Å². The molecule has 0 bridgehead atoms. The van der Waals surface area contributed by atoms with Crippen LogP contribution in [0.1, 0.15) is 17.2 Å². The molecule has 0 amide bonds. The molecular formula is C14H18N2O. The summed E-state index contributed by atoms with van der Waals surface area (Å²) in [5.74, 6) is 1.99. The molecule has 0 aromatic carbocycles. The molecule has 0 aliphatic heterocycles. The minimum atomic E-state index is 0.848. The number of nitrogens with zero attached hydrogens (tertiary/aromatic N) is 2. The van der Waals surface area contributed by atoms with Gasteiger partial charge < -0.3 is 4.42 Å². The third-order valence-corrected chi connectivity index (χ3v) is 2.70. The summed E-state index contributed by atoms with van der Waals surface area (Å²) in [7, 11) is 2.10. The van der Waals surface area contributed by atoms with Gasteiger partial charge in [-0.05, 0) is 38.2 Å². The maximum atomic E-state index is 5.55. The Labute approximate surface area is 102 Å². The highest BCUT2D eigenvalue weighted by atomic mass is 16.3. The van der Waals surface area contributed by atoms with E-state index in [1.54, 1.807) is 0 Å². The van der Waals surface area contributed by atoms with Crippen molar-refractivity contribution in [3.8, 4) is 0 Å². The van der Waals surface area contributed by atoms with Crippen LogP contribution in [0.25, 0.3) is 0 Å². The zero-order valence-corrected chi connectivity index (χ0v) is 10.4. The van der Waals surface area contributed by atoms with E-state index in [9.17, 15) is 0 Å². The van der Waals surface area contributed by atoms with Gasteiger partial charge in [0.1, 0.15) is 11.5 Å². The van der Waals surface area contributed by atoms with Crippen LogP contribution in [-0.4, -0.2) is 23.5 Å². The van der Waals surface area contributed by atoms with Crippen molar-refractivity contribution >= 4 is 0 Å². The Morgan fingerprint density at radius 3 is 2.76 bits per heavy atom. The predicted octanol–water partition coefficient (Wildman–Crippen LogP) is 2.66. The molecule has 3 heteroatoms. The van der Waals surface area contributed by atoms with E-state index < -0.39 is 0 Å². The number of furan rings is 1. The van der Waals surface area contributed by atoms with Gasteiger partial charge in [-0.25, -0.2) is 0 Å². The first-order chi connectivity index (χ1) is 8.24. The van der Waals surface area contributed by atoms with E-state index in [1.807, 2.05) is 37.4 Å². The summed E-state index contributed by atoms with van der Waals surface area (Å²) < 4.78 is 5.55. The summed E-state index contributed by atoms with van der Waals surface area (Å²) >= 11 is 0. The largest absolute Gasteiger partial charge is 0.465 e. The number of hydrogen-bond donors (Lipinski definition) is 0. The average molecular weight is 230 g/mol. The molecule has 0 atom stereocenters. The minimum absolute atomic E-state index is 0.848. The Balaban J connectivity index is 1.80. The van der Waals surface area contributed by atoms with Gasteiger partial charge in [0.25, 0.3) is 0 Å². The molecule has 2 aromatic heterocycles. The summed E-state index contributed by atoms with van der Waals surface area (Å²) in [6.07, 6.45) is 2.81. The molecule has 2 rings (SSSR count). The van der Waals surface area contributed by atoms with Gasteiger partial charge >= 0.3 is 0 Å². The molecule has 0 radical (unpaired) electrons. The van der Waals surface area contributed by atoms with Crippen LogP contribution in [0.4, 0.5) is 0 Å². The number of rotatable bonds is 5. The standard InChI is InChI=1S/C14H18N2O/c1-12-6-7-14(17-12)11-16(2)10-8-13-5-3-4-9-15-13/h3-7,9H,8,10-11H2,1-2H3. The second-order valence-corrected chi connectivity index (χ2v) is 4.32. The van der Waals surface area contributed by atoms with E-state index in [-0.39, 0.29) is 0 Å². The molecule has 90 valence electrons. The Morgan fingerprint density at radius 2 is 2.12 bits per heavy atom. The SMILES string of the molecule is Cc1ccc(CN(C)CCc2ccccn2)o1. The molecule has 0 saturated heterocycles. The fourth-order valence-electron chi connectivity index (χ4n) is 1.77. The third-order valence-electron chi connectivity index (χ3n) is 2.70. The van der Waals surface area contributed by atoms with Crippen LogP contribution in [0.15, 0.2) is 40.9 Å². The van der Waals surface area contributed by atoms with Crippen LogP contribution in [0.5, 0.6) is 0 Å². The van der Waals surface area contributed by atoms with E-state index in [0.717, 1.165) is 36.7 Å². The number of aryl methyl sites for hydroxylation is 1. The summed E-state index contributed by atoms with van der Waals surface area (Å²) in [6.45, 7) is 3.80. The van der Waals surface area contributed by atoms with Gasteiger partial charge in [-0.1, -0.05) is 6.07 Å². The first kappa shape index (κ1) is 11.9. The average Bonchev–Trinajstić information content (AvgIpc) is 2.73. The summed E-state index contributed by atoms with van der Waals surface area (Å²) in [4.78, 5) is 6.55. The molecule has 2 heterocycles. The Bertz CT molecular complexity index is 450. The highest BCUT2D eigenvalue weighted by Crippen LogP contribution is 2.08. The smallest absolute Gasteiger partial charge is 0.118 e. The van der Waals surface area contributed by atoms with E-state index in [4.69, 9.17) is 4.42 Å². The lowest BCUT2D eigenvalue weighted by Crippen LogP contribution is -2.20. The van der Waals surface area contributed by atoms with Crippen molar-refractivity contribution in [1.82, 2.24) is 9.88 Å². The van der Waals surface area contributed by atoms with Crippen molar-refractivity contribution in [1.29, 1.82) is 0 Å². The summed E-state index contributed by atoms with van der Waals surface area (Å²) in [6, 6.07) is 10.1. The van der Waals surface area contributed by atoms with Gasteiger partial charge in [-0.15, -0.1) is 0 Å². The minimum Gasteiger partial charge on any atom is -0.465 e. The Hall–Kier alpha value is -1.61. The van der Waals surface area contributed by atoms with Gasteiger partial charge in [0.2, 0.25) is 0 Å². The first-order valence-electron chi connectivity index (χ1n) is 5.88. The normalized spacial score (nSPS) is 11.0. The fourth-order valence-corrected chi connectivity index (χ4v) is 1.77. The van der Waals surface area contributed by atoms with Crippen molar-refractivity contribution in [3.05, 3.63) is 53.7 Å². The van der Waals surface area contributed by atoms with Crippen molar-refractivity contribution < 1.29 is 4.42 Å². The lowest BCUT2D eigenvalue weighted by molar-refractivity contribution is 0.294. The monoisotopic (exact) mass is 230 g/mol. The molecule has 3 nitrogen and oxygen atoms in total. The highest BCUT2D eigenvalue weighted by Gasteiger charge is 2.04. The molecule has 0 aliphatic carbocycles.